The predicted octanol–water partition coefficient (Wildman–Crippen LogP) is 0.619. The van der Waals surface area contributed by atoms with Crippen molar-refractivity contribution in [1.82, 2.24) is 25.4 Å². The number of hydrogen-bond acceptors (Lipinski definition) is 5. The number of likely N-dealkylation sites (N-methyl/N-ethyl adjacent to an activating group) is 1. The Morgan fingerprint density at radius 2 is 2.25 bits per heavy atom. The summed E-state index contributed by atoms with van der Waals surface area (Å²) in [5.74, 6) is 1.30. The number of amides is 2. The van der Waals surface area contributed by atoms with Gasteiger partial charge in [0.2, 0.25) is 11.8 Å². The van der Waals surface area contributed by atoms with Crippen molar-refractivity contribution >= 4 is 11.8 Å². The molecule has 2 N–H and O–H groups in total. The van der Waals surface area contributed by atoms with Crippen LogP contribution in [0.25, 0.3) is 0 Å². The highest BCUT2D eigenvalue weighted by molar-refractivity contribution is 5.79. The quantitative estimate of drug-likeness (QED) is 0.751. The van der Waals surface area contributed by atoms with Crippen LogP contribution in [0.3, 0.4) is 0 Å². The lowest BCUT2D eigenvalue weighted by Crippen LogP contribution is -2.66. The normalized spacial score (nSPS) is 29.5. The minimum Gasteiger partial charge on any atom is -0.353 e. The van der Waals surface area contributed by atoms with Crippen molar-refractivity contribution in [2.45, 2.75) is 44.3 Å². The smallest absolute Gasteiger partial charge is 0.234 e. The first kappa shape index (κ1) is 19.3. The highest BCUT2D eigenvalue weighted by atomic mass is 16.2. The standard InChI is InChI=1S/C21H31N5O2/c1-25(13-15-4-3-7-22-9-15)14-20(27)24-12-19-17-8-16(10-23-11-17)18-5-2-6-21(28)26(18)19/h3-4,7,9,16-19,23H,2,5-6,8,10-14H2,1H3,(H,24,27)/t16-,17+,18+,19+/m1/s1. The summed E-state index contributed by atoms with van der Waals surface area (Å²) >= 11 is 0. The molecule has 0 aromatic carbocycles. The second-order valence-corrected chi connectivity index (χ2v) is 8.58. The lowest BCUT2D eigenvalue weighted by atomic mass is 9.72. The molecule has 7 heteroatoms. The third-order valence-corrected chi connectivity index (χ3v) is 6.50. The lowest BCUT2D eigenvalue weighted by Gasteiger charge is -2.54. The fraction of sp³-hybridized carbons (Fsp3) is 0.667. The average molecular weight is 386 g/mol. The van der Waals surface area contributed by atoms with Crippen molar-refractivity contribution in [3.05, 3.63) is 30.1 Å². The molecule has 3 saturated heterocycles. The number of nitrogens with zero attached hydrogens (tertiary/aromatic N) is 3. The van der Waals surface area contributed by atoms with E-state index in [1.807, 2.05) is 30.3 Å². The number of rotatable bonds is 6. The van der Waals surface area contributed by atoms with Gasteiger partial charge in [-0.3, -0.25) is 19.5 Å². The molecule has 0 radical (unpaired) electrons. The van der Waals surface area contributed by atoms with E-state index in [1.165, 1.54) is 6.42 Å². The van der Waals surface area contributed by atoms with Crippen molar-refractivity contribution in [2.24, 2.45) is 11.8 Å². The van der Waals surface area contributed by atoms with Gasteiger partial charge in [-0.05, 0) is 56.3 Å². The zero-order valence-electron chi connectivity index (χ0n) is 16.6. The minimum atomic E-state index is 0.0123. The summed E-state index contributed by atoms with van der Waals surface area (Å²) in [6.07, 6.45) is 7.50. The monoisotopic (exact) mass is 385 g/mol. The zero-order valence-corrected chi connectivity index (χ0v) is 16.6. The largest absolute Gasteiger partial charge is 0.353 e. The van der Waals surface area contributed by atoms with E-state index in [4.69, 9.17) is 0 Å². The van der Waals surface area contributed by atoms with Crippen LogP contribution < -0.4 is 10.6 Å². The van der Waals surface area contributed by atoms with Crippen LogP contribution in [-0.2, 0) is 16.1 Å². The molecule has 3 aliphatic heterocycles. The van der Waals surface area contributed by atoms with Crippen molar-refractivity contribution in [1.29, 1.82) is 0 Å². The number of aromatic nitrogens is 1. The molecule has 7 nitrogen and oxygen atoms in total. The van der Waals surface area contributed by atoms with E-state index in [0.29, 0.717) is 43.9 Å². The zero-order chi connectivity index (χ0) is 19.5. The number of hydrogen-bond donors (Lipinski definition) is 2. The van der Waals surface area contributed by atoms with Gasteiger partial charge in [-0.2, -0.15) is 0 Å². The predicted molar refractivity (Wildman–Crippen MR) is 106 cm³/mol. The summed E-state index contributed by atoms with van der Waals surface area (Å²) < 4.78 is 0. The third kappa shape index (κ3) is 4.20. The molecule has 3 fully saturated rings. The highest BCUT2D eigenvalue weighted by Gasteiger charge is 2.47. The number of piperidine rings is 3. The molecule has 4 rings (SSSR count). The van der Waals surface area contributed by atoms with Crippen LogP contribution in [0.1, 0.15) is 31.2 Å². The Labute approximate surface area is 166 Å². The molecule has 1 aromatic heterocycles. The number of carbonyl (C=O) groups excluding carboxylic acids is 2. The second kappa shape index (κ2) is 8.57. The molecular weight excluding hydrogens is 354 g/mol. The maximum absolute atomic E-state index is 12.7. The molecule has 0 aliphatic carbocycles. The van der Waals surface area contributed by atoms with Crippen LogP contribution in [-0.4, -0.2) is 71.9 Å². The van der Waals surface area contributed by atoms with Crippen LogP contribution >= 0.6 is 0 Å². The summed E-state index contributed by atoms with van der Waals surface area (Å²) in [6.45, 7) is 3.54. The molecule has 152 valence electrons. The van der Waals surface area contributed by atoms with E-state index < -0.39 is 0 Å². The molecule has 0 unspecified atom stereocenters. The van der Waals surface area contributed by atoms with Gasteiger partial charge in [0, 0.05) is 44.5 Å². The fourth-order valence-electron chi connectivity index (χ4n) is 5.28. The van der Waals surface area contributed by atoms with E-state index in [-0.39, 0.29) is 17.9 Å². The number of pyridine rings is 1. The second-order valence-electron chi connectivity index (χ2n) is 8.58. The van der Waals surface area contributed by atoms with Crippen LogP contribution in [0.2, 0.25) is 0 Å². The van der Waals surface area contributed by atoms with Crippen LogP contribution in [0.4, 0.5) is 0 Å². The summed E-state index contributed by atoms with van der Waals surface area (Å²) in [6, 6.07) is 4.39. The molecular formula is C21H31N5O2. The fourth-order valence-corrected chi connectivity index (χ4v) is 5.28. The molecule has 4 heterocycles. The van der Waals surface area contributed by atoms with Crippen molar-refractivity contribution in [3.63, 3.8) is 0 Å². The van der Waals surface area contributed by atoms with Gasteiger partial charge in [0.25, 0.3) is 0 Å². The first-order valence-corrected chi connectivity index (χ1v) is 10.5. The van der Waals surface area contributed by atoms with E-state index in [2.05, 4.69) is 20.5 Å². The van der Waals surface area contributed by atoms with Gasteiger partial charge < -0.3 is 15.5 Å². The Morgan fingerprint density at radius 3 is 3.07 bits per heavy atom. The van der Waals surface area contributed by atoms with E-state index in [1.54, 1.807) is 6.20 Å². The SMILES string of the molecule is CN(CC(=O)NC[C@H]1[C@@H]2CNC[C@@H](C2)[C@@H]2CCCC(=O)N21)Cc1cccnc1. The van der Waals surface area contributed by atoms with Gasteiger partial charge in [-0.1, -0.05) is 6.07 Å². The highest BCUT2D eigenvalue weighted by Crippen LogP contribution is 2.39. The Morgan fingerprint density at radius 1 is 1.39 bits per heavy atom. The molecule has 3 aliphatic rings. The number of fused-ring (bicyclic) bond motifs is 4. The Hall–Kier alpha value is -1.99. The molecule has 2 amide bonds. The maximum atomic E-state index is 12.7. The van der Waals surface area contributed by atoms with Crippen LogP contribution in [0, 0.1) is 11.8 Å². The van der Waals surface area contributed by atoms with E-state index in [0.717, 1.165) is 31.5 Å². The van der Waals surface area contributed by atoms with Crippen molar-refractivity contribution in [3.8, 4) is 0 Å². The molecule has 4 atom stereocenters. The van der Waals surface area contributed by atoms with Gasteiger partial charge in [0.05, 0.1) is 12.6 Å². The van der Waals surface area contributed by atoms with Gasteiger partial charge in [0.1, 0.15) is 0 Å². The van der Waals surface area contributed by atoms with Gasteiger partial charge >= 0.3 is 0 Å². The van der Waals surface area contributed by atoms with E-state index in [9.17, 15) is 9.59 Å². The molecule has 0 saturated carbocycles. The first-order chi connectivity index (χ1) is 13.6. The van der Waals surface area contributed by atoms with Crippen molar-refractivity contribution < 1.29 is 9.59 Å². The van der Waals surface area contributed by atoms with Gasteiger partial charge in [0.15, 0.2) is 0 Å². The molecule has 0 spiro atoms. The Bertz CT molecular complexity index is 697. The first-order valence-electron chi connectivity index (χ1n) is 10.5. The summed E-state index contributed by atoms with van der Waals surface area (Å²) in [7, 11) is 1.94. The lowest BCUT2D eigenvalue weighted by molar-refractivity contribution is -0.149. The van der Waals surface area contributed by atoms with Gasteiger partial charge in [-0.25, -0.2) is 0 Å². The summed E-state index contributed by atoms with van der Waals surface area (Å²) in [5.41, 5.74) is 1.09. The van der Waals surface area contributed by atoms with E-state index >= 15 is 0 Å². The summed E-state index contributed by atoms with van der Waals surface area (Å²) in [5, 5.41) is 6.65. The maximum Gasteiger partial charge on any atom is 0.234 e. The molecule has 2 bridgehead atoms. The summed E-state index contributed by atoms with van der Waals surface area (Å²) in [4.78, 5) is 33.4. The van der Waals surface area contributed by atoms with Crippen molar-refractivity contribution in [2.75, 3.05) is 33.2 Å². The van der Waals surface area contributed by atoms with Crippen LogP contribution in [0.15, 0.2) is 24.5 Å². The topological polar surface area (TPSA) is 77.6 Å². The third-order valence-electron chi connectivity index (χ3n) is 6.50. The molecule has 1 aromatic rings. The van der Waals surface area contributed by atoms with Crippen LogP contribution in [0.5, 0.6) is 0 Å². The molecule has 28 heavy (non-hydrogen) atoms. The Balaban J connectivity index is 1.33. The minimum absolute atomic E-state index is 0.0123. The number of carbonyl (C=O) groups is 2. The number of nitrogens with one attached hydrogen (secondary N) is 2. The Kier molecular flexibility index (Phi) is 5.92. The average Bonchev–Trinajstić information content (AvgIpc) is 2.69. The van der Waals surface area contributed by atoms with Gasteiger partial charge in [-0.15, -0.1) is 0 Å².